The average molecular weight is 319 g/mol. The fraction of sp³-hybridized carbons (Fsp3) is 0.583. The van der Waals surface area contributed by atoms with Gasteiger partial charge in [0.1, 0.15) is 11.4 Å². The zero-order valence-corrected chi connectivity index (χ0v) is 13.1. The Kier molecular flexibility index (Phi) is 5.76. The summed E-state index contributed by atoms with van der Waals surface area (Å²) in [6, 6.07) is 2.82. The number of furan rings is 1. The van der Waals surface area contributed by atoms with Crippen LogP contribution in [0.2, 0.25) is 0 Å². The molecule has 1 rings (SSSR count). The van der Waals surface area contributed by atoms with E-state index in [4.69, 9.17) is 14.3 Å². The zero-order valence-electron chi connectivity index (χ0n) is 12.3. The standard InChI is InChI=1S/C12H21N3O5S/c1-12(2,3)20-11(16)15-7-6-14-8-9-4-5-10(19-9)21(13,17)18/h4-5,14H,6-8H2,1-3H3,(H,15,16)(H2,13,17,18). The second-order valence-corrected chi connectivity index (χ2v) is 6.86. The molecule has 1 aromatic heterocycles. The average Bonchev–Trinajstić information content (AvgIpc) is 2.74. The molecule has 0 aromatic carbocycles. The molecule has 0 spiro atoms. The molecular weight excluding hydrogens is 298 g/mol. The van der Waals surface area contributed by atoms with Crippen molar-refractivity contribution in [2.24, 2.45) is 5.14 Å². The van der Waals surface area contributed by atoms with Crippen LogP contribution in [0.4, 0.5) is 4.79 Å². The van der Waals surface area contributed by atoms with Gasteiger partial charge in [0.25, 0.3) is 10.0 Å². The lowest BCUT2D eigenvalue weighted by Gasteiger charge is -2.19. The van der Waals surface area contributed by atoms with Gasteiger partial charge in [0, 0.05) is 13.1 Å². The maximum absolute atomic E-state index is 11.3. The minimum atomic E-state index is -3.81. The number of hydrogen-bond donors (Lipinski definition) is 3. The molecule has 1 aromatic rings. The van der Waals surface area contributed by atoms with Gasteiger partial charge in [-0.25, -0.2) is 18.4 Å². The summed E-state index contributed by atoms with van der Waals surface area (Å²) in [5.41, 5.74) is -0.532. The molecule has 0 atom stereocenters. The fourth-order valence-corrected chi connectivity index (χ4v) is 1.87. The van der Waals surface area contributed by atoms with Gasteiger partial charge in [-0.15, -0.1) is 0 Å². The van der Waals surface area contributed by atoms with E-state index in [0.29, 0.717) is 25.4 Å². The Bertz CT molecular complexity index is 574. The van der Waals surface area contributed by atoms with Gasteiger partial charge in [-0.1, -0.05) is 0 Å². The van der Waals surface area contributed by atoms with Crippen LogP contribution in [0.5, 0.6) is 0 Å². The summed E-state index contributed by atoms with van der Waals surface area (Å²) in [6.45, 7) is 6.52. The molecule has 0 saturated heterocycles. The highest BCUT2D eigenvalue weighted by Crippen LogP contribution is 2.11. The molecule has 0 unspecified atom stereocenters. The number of hydrogen-bond acceptors (Lipinski definition) is 6. The largest absolute Gasteiger partial charge is 0.447 e. The van der Waals surface area contributed by atoms with Crippen molar-refractivity contribution in [3.63, 3.8) is 0 Å². The van der Waals surface area contributed by atoms with Gasteiger partial charge in [0.2, 0.25) is 5.09 Å². The monoisotopic (exact) mass is 319 g/mol. The van der Waals surface area contributed by atoms with E-state index < -0.39 is 21.7 Å². The van der Waals surface area contributed by atoms with Crippen molar-refractivity contribution >= 4 is 16.1 Å². The van der Waals surface area contributed by atoms with Crippen LogP contribution in [0.25, 0.3) is 0 Å². The highest BCUT2D eigenvalue weighted by Gasteiger charge is 2.15. The maximum atomic E-state index is 11.3. The number of primary sulfonamides is 1. The number of alkyl carbamates (subject to hydrolysis) is 1. The third kappa shape index (κ3) is 7.11. The first-order chi connectivity index (χ1) is 9.58. The fourth-order valence-electron chi connectivity index (χ4n) is 1.38. The molecule has 0 bridgehead atoms. The smallest absolute Gasteiger partial charge is 0.407 e. The minimum absolute atomic E-state index is 0.272. The van der Waals surface area contributed by atoms with Crippen LogP contribution in [-0.2, 0) is 21.3 Å². The van der Waals surface area contributed by atoms with E-state index in [9.17, 15) is 13.2 Å². The molecule has 4 N–H and O–H groups in total. The molecule has 9 heteroatoms. The van der Waals surface area contributed by atoms with Crippen LogP contribution in [-0.4, -0.2) is 33.2 Å². The topological polar surface area (TPSA) is 124 Å². The molecular formula is C12H21N3O5S. The second-order valence-electron chi connectivity index (χ2n) is 5.37. The predicted molar refractivity (Wildman–Crippen MR) is 76.0 cm³/mol. The van der Waals surface area contributed by atoms with Crippen molar-refractivity contribution < 1.29 is 22.4 Å². The number of carbonyl (C=O) groups is 1. The molecule has 0 fully saturated rings. The van der Waals surface area contributed by atoms with Crippen LogP contribution in [0.15, 0.2) is 21.6 Å². The Morgan fingerprint density at radius 1 is 1.33 bits per heavy atom. The zero-order chi connectivity index (χ0) is 16.1. The third-order valence-corrected chi connectivity index (χ3v) is 2.97. The van der Waals surface area contributed by atoms with Gasteiger partial charge >= 0.3 is 6.09 Å². The number of amides is 1. The quantitative estimate of drug-likeness (QED) is 0.658. The van der Waals surface area contributed by atoms with E-state index in [2.05, 4.69) is 10.6 Å². The van der Waals surface area contributed by atoms with E-state index in [1.807, 2.05) is 0 Å². The lowest BCUT2D eigenvalue weighted by atomic mass is 10.2. The normalized spacial score (nSPS) is 12.2. The van der Waals surface area contributed by atoms with Gasteiger partial charge in [-0.3, -0.25) is 0 Å². The summed E-state index contributed by atoms with van der Waals surface area (Å²) >= 11 is 0. The second kappa shape index (κ2) is 6.92. The van der Waals surface area contributed by atoms with Gasteiger partial charge in [0.05, 0.1) is 6.54 Å². The third-order valence-electron chi connectivity index (χ3n) is 2.19. The molecule has 0 aliphatic heterocycles. The summed E-state index contributed by atoms with van der Waals surface area (Å²) in [7, 11) is -3.81. The lowest BCUT2D eigenvalue weighted by molar-refractivity contribution is 0.0528. The van der Waals surface area contributed by atoms with Crippen molar-refractivity contribution in [3.05, 3.63) is 17.9 Å². The molecule has 8 nitrogen and oxygen atoms in total. The lowest BCUT2D eigenvalue weighted by Crippen LogP contribution is -2.36. The molecule has 0 saturated carbocycles. The number of nitrogens with one attached hydrogen (secondary N) is 2. The first-order valence-corrected chi connectivity index (χ1v) is 7.91. The van der Waals surface area contributed by atoms with E-state index in [1.54, 1.807) is 20.8 Å². The first kappa shape index (κ1) is 17.5. The number of nitrogens with two attached hydrogens (primary N) is 1. The van der Waals surface area contributed by atoms with Gasteiger partial charge in [0.15, 0.2) is 0 Å². The van der Waals surface area contributed by atoms with E-state index >= 15 is 0 Å². The van der Waals surface area contributed by atoms with Crippen molar-refractivity contribution in [2.45, 2.75) is 38.0 Å². The van der Waals surface area contributed by atoms with Crippen molar-refractivity contribution in [1.29, 1.82) is 0 Å². The number of ether oxygens (including phenoxy) is 1. The van der Waals surface area contributed by atoms with Crippen LogP contribution < -0.4 is 15.8 Å². The van der Waals surface area contributed by atoms with E-state index in [-0.39, 0.29) is 5.09 Å². The summed E-state index contributed by atoms with van der Waals surface area (Å²) in [5, 5.41) is 10.2. The number of carbonyl (C=O) groups excluding carboxylic acids is 1. The first-order valence-electron chi connectivity index (χ1n) is 6.37. The highest BCUT2D eigenvalue weighted by molar-refractivity contribution is 7.89. The van der Waals surface area contributed by atoms with Gasteiger partial charge < -0.3 is 19.8 Å². The van der Waals surface area contributed by atoms with Gasteiger partial charge in [-0.2, -0.15) is 0 Å². The molecule has 0 radical (unpaired) electrons. The summed E-state index contributed by atoms with van der Waals surface area (Å²) in [6.07, 6.45) is -0.487. The number of sulfonamides is 1. The van der Waals surface area contributed by atoms with E-state index in [1.165, 1.54) is 12.1 Å². The van der Waals surface area contributed by atoms with Crippen molar-refractivity contribution in [3.8, 4) is 0 Å². The molecule has 120 valence electrons. The van der Waals surface area contributed by atoms with Crippen LogP contribution in [0, 0.1) is 0 Å². The Labute approximate surface area is 124 Å². The van der Waals surface area contributed by atoms with Gasteiger partial charge in [-0.05, 0) is 32.9 Å². The number of rotatable bonds is 6. The van der Waals surface area contributed by atoms with Crippen LogP contribution >= 0.6 is 0 Å². The predicted octanol–water partition coefficient (Wildman–Crippen LogP) is 0.541. The highest BCUT2D eigenvalue weighted by atomic mass is 32.2. The van der Waals surface area contributed by atoms with Crippen LogP contribution in [0.1, 0.15) is 26.5 Å². The molecule has 1 amide bonds. The Balaban J connectivity index is 2.23. The van der Waals surface area contributed by atoms with E-state index in [0.717, 1.165) is 0 Å². The van der Waals surface area contributed by atoms with Crippen molar-refractivity contribution in [2.75, 3.05) is 13.1 Å². The summed E-state index contributed by atoms with van der Waals surface area (Å²) < 4.78 is 32.1. The Hall–Kier alpha value is -1.58. The SMILES string of the molecule is CC(C)(C)OC(=O)NCCNCc1ccc(S(N)(=O)=O)o1. The maximum Gasteiger partial charge on any atom is 0.407 e. The minimum Gasteiger partial charge on any atom is -0.447 e. The Morgan fingerprint density at radius 3 is 2.52 bits per heavy atom. The molecule has 0 aliphatic carbocycles. The van der Waals surface area contributed by atoms with Crippen molar-refractivity contribution in [1.82, 2.24) is 10.6 Å². The molecule has 0 aliphatic rings. The van der Waals surface area contributed by atoms with Crippen LogP contribution in [0.3, 0.4) is 0 Å². The summed E-state index contributed by atoms with van der Waals surface area (Å²) in [5.74, 6) is 0.441. The molecule has 21 heavy (non-hydrogen) atoms. The Morgan fingerprint density at radius 2 is 2.00 bits per heavy atom. The molecule has 1 heterocycles. The summed E-state index contributed by atoms with van der Waals surface area (Å²) in [4.78, 5) is 11.3.